The van der Waals surface area contributed by atoms with Crippen molar-refractivity contribution >= 4 is 11.6 Å². The third-order valence-corrected chi connectivity index (χ3v) is 3.60. The van der Waals surface area contributed by atoms with Gasteiger partial charge in [0.2, 0.25) is 0 Å². The van der Waals surface area contributed by atoms with Crippen LogP contribution in [0.25, 0.3) is 0 Å². The van der Waals surface area contributed by atoms with Crippen molar-refractivity contribution in [1.82, 2.24) is 5.32 Å². The Balaban J connectivity index is 2.12. The third-order valence-electron chi connectivity index (χ3n) is 3.60. The molecule has 1 atom stereocenters. The van der Waals surface area contributed by atoms with Crippen molar-refractivity contribution in [3.8, 4) is 11.5 Å². The Morgan fingerprint density at radius 3 is 2.25 bits per heavy atom. The predicted octanol–water partition coefficient (Wildman–Crippen LogP) is 3.10. The molecule has 2 rings (SSSR count). The van der Waals surface area contributed by atoms with Crippen LogP contribution < -0.4 is 14.8 Å². The van der Waals surface area contributed by atoms with Gasteiger partial charge in [-0.05, 0) is 36.8 Å². The second-order valence-electron chi connectivity index (χ2n) is 5.11. The number of amides is 1. The Bertz CT molecular complexity index is 743. The van der Waals surface area contributed by atoms with E-state index in [4.69, 9.17) is 9.47 Å². The number of nitro benzene ring substituents is 1. The number of nitrogens with zero attached hydrogens (tertiary/aromatic N) is 1. The molecule has 0 fully saturated rings. The van der Waals surface area contributed by atoms with Crippen LogP contribution in [0.2, 0.25) is 0 Å². The van der Waals surface area contributed by atoms with E-state index in [1.807, 2.05) is 13.0 Å². The van der Waals surface area contributed by atoms with E-state index in [1.54, 1.807) is 26.4 Å². The summed E-state index contributed by atoms with van der Waals surface area (Å²) in [5.74, 6) is 0.869. The highest BCUT2D eigenvalue weighted by Crippen LogP contribution is 2.30. The standard InChI is InChI=1S/C17H18N2O5/c1-11(13-6-9-15(23-2)16(10-13)24-3)18-17(20)12-4-7-14(8-5-12)19(21)22/h4-11H,1-3H3,(H,18,20)/t11-/m1/s1. The number of hydrogen-bond donors (Lipinski definition) is 1. The van der Waals surface area contributed by atoms with Crippen LogP contribution in [0.4, 0.5) is 5.69 Å². The highest BCUT2D eigenvalue weighted by molar-refractivity contribution is 5.94. The molecule has 0 bridgehead atoms. The first-order valence-corrected chi connectivity index (χ1v) is 7.23. The van der Waals surface area contributed by atoms with Crippen LogP contribution in [-0.2, 0) is 0 Å². The minimum absolute atomic E-state index is 0.0560. The Morgan fingerprint density at radius 1 is 1.08 bits per heavy atom. The van der Waals surface area contributed by atoms with Crippen LogP contribution >= 0.6 is 0 Å². The molecule has 0 saturated heterocycles. The summed E-state index contributed by atoms with van der Waals surface area (Å²) < 4.78 is 10.4. The van der Waals surface area contributed by atoms with E-state index in [-0.39, 0.29) is 17.6 Å². The molecule has 0 aliphatic heterocycles. The zero-order chi connectivity index (χ0) is 17.7. The van der Waals surface area contributed by atoms with Gasteiger partial charge in [-0.3, -0.25) is 14.9 Å². The fraction of sp³-hybridized carbons (Fsp3) is 0.235. The summed E-state index contributed by atoms with van der Waals surface area (Å²) in [6.45, 7) is 1.84. The molecule has 24 heavy (non-hydrogen) atoms. The summed E-state index contributed by atoms with van der Waals surface area (Å²) in [5, 5.41) is 13.5. The van der Waals surface area contributed by atoms with Gasteiger partial charge >= 0.3 is 0 Å². The monoisotopic (exact) mass is 330 g/mol. The molecular formula is C17H18N2O5. The van der Waals surface area contributed by atoms with Crippen molar-refractivity contribution < 1.29 is 19.2 Å². The zero-order valence-electron chi connectivity index (χ0n) is 13.6. The fourth-order valence-electron chi connectivity index (χ4n) is 2.22. The quantitative estimate of drug-likeness (QED) is 0.649. The number of nitrogens with one attached hydrogen (secondary N) is 1. The van der Waals surface area contributed by atoms with Crippen molar-refractivity contribution in [3.63, 3.8) is 0 Å². The second-order valence-corrected chi connectivity index (χ2v) is 5.11. The zero-order valence-corrected chi connectivity index (χ0v) is 13.6. The van der Waals surface area contributed by atoms with Crippen molar-refractivity contribution in [3.05, 3.63) is 63.7 Å². The van der Waals surface area contributed by atoms with Crippen molar-refractivity contribution in [2.45, 2.75) is 13.0 Å². The molecular weight excluding hydrogens is 312 g/mol. The van der Waals surface area contributed by atoms with E-state index in [9.17, 15) is 14.9 Å². The summed E-state index contributed by atoms with van der Waals surface area (Å²) in [5.41, 5.74) is 1.15. The first-order valence-electron chi connectivity index (χ1n) is 7.23. The van der Waals surface area contributed by atoms with E-state index >= 15 is 0 Å². The Kier molecular flexibility index (Phi) is 5.36. The van der Waals surface area contributed by atoms with E-state index in [0.717, 1.165) is 5.56 Å². The maximum atomic E-state index is 12.3. The average molecular weight is 330 g/mol. The largest absolute Gasteiger partial charge is 0.493 e. The molecule has 7 nitrogen and oxygen atoms in total. The average Bonchev–Trinajstić information content (AvgIpc) is 2.60. The molecule has 0 aromatic heterocycles. The van der Waals surface area contributed by atoms with Gasteiger partial charge in [0.05, 0.1) is 25.2 Å². The van der Waals surface area contributed by atoms with E-state index in [2.05, 4.69) is 5.32 Å². The van der Waals surface area contributed by atoms with Gasteiger partial charge in [0.15, 0.2) is 11.5 Å². The van der Waals surface area contributed by atoms with Crippen LogP contribution in [0.15, 0.2) is 42.5 Å². The normalized spacial score (nSPS) is 11.5. The summed E-state index contributed by atoms with van der Waals surface area (Å²) in [6, 6.07) is 10.6. The van der Waals surface area contributed by atoms with Gasteiger partial charge < -0.3 is 14.8 Å². The van der Waals surface area contributed by atoms with Crippen LogP contribution in [0.1, 0.15) is 28.9 Å². The SMILES string of the molecule is COc1ccc([C@@H](C)NC(=O)c2ccc([N+](=O)[O-])cc2)cc1OC. The summed E-state index contributed by atoms with van der Waals surface area (Å²) >= 11 is 0. The number of non-ortho nitro benzene ring substituents is 1. The summed E-state index contributed by atoms with van der Waals surface area (Å²) in [6.07, 6.45) is 0. The molecule has 126 valence electrons. The maximum absolute atomic E-state index is 12.3. The van der Waals surface area contributed by atoms with Gasteiger partial charge in [-0.25, -0.2) is 0 Å². The molecule has 0 aliphatic rings. The van der Waals surface area contributed by atoms with Crippen molar-refractivity contribution in [2.75, 3.05) is 14.2 Å². The fourth-order valence-corrected chi connectivity index (χ4v) is 2.22. The summed E-state index contributed by atoms with van der Waals surface area (Å²) in [7, 11) is 3.10. The predicted molar refractivity (Wildman–Crippen MR) is 88.5 cm³/mol. The van der Waals surface area contributed by atoms with Gasteiger partial charge in [-0.15, -0.1) is 0 Å². The van der Waals surface area contributed by atoms with Crippen LogP contribution in [-0.4, -0.2) is 25.1 Å². The number of methoxy groups -OCH3 is 2. The van der Waals surface area contributed by atoms with Gasteiger partial charge in [0, 0.05) is 17.7 Å². The lowest BCUT2D eigenvalue weighted by atomic mass is 10.1. The van der Waals surface area contributed by atoms with E-state index < -0.39 is 4.92 Å². The Labute approximate surface area is 139 Å². The van der Waals surface area contributed by atoms with Crippen molar-refractivity contribution in [1.29, 1.82) is 0 Å². The molecule has 0 heterocycles. The topological polar surface area (TPSA) is 90.7 Å². The van der Waals surface area contributed by atoms with Crippen LogP contribution in [0, 0.1) is 10.1 Å². The summed E-state index contributed by atoms with van der Waals surface area (Å²) in [4.78, 5) is 22.4. The van der Waals surface area contributed by atoms with Crippen LogP contribution in [0.5, 0.6) is 11.5 Å². The second kappa shape index (κ2) is 7.45. The molecule has 0 aliphatic carbocycles. The Hall–Kier alpha value is -3.09. The van der Waals surface area contributed by atoms with E-state index in [1.165, 1.54) is 24.3 Å². The number of nitro groups is 1. The highest BCUT2D eigenvalue weighted by Gasteiger charge is 2.15. The molecule has 0 saturated carbocycles. The van der Waals surface area contributed by atoms with Gasteiger partial charge in [0.25, 0.3) is 11.6 Å². The highest BCUT2D eigenvalue weighted by atomic mass is 16.6. The number of hydrogen-bond acceptors (Lipinski definition) is 5. The van der Waals surface area contributed by atoms with Crippen LogP contribution in [0.3, 0.4) is 0 Å². The minimum atomic E-state index is -0.506. The van der Waals surface area contributed by atoms with E-state index in [0.29, 0.717) is 17.1 Å². The molecule has 2 aromatic rings. The molecule has 0 unspecified atom stereocenters. The van der Waals surface area contributed by atoms with Gasteiger partial charge in [0.1, 0.15) is 0 Å². The molecule has 1 amide bonds. The Morgan fingerprint density at radius 2 is 1.71 bits per heavy atom. The number of rotatable bonds is 6. The minimum Gasteiger partial charge on any atom is -0.493 e. The molecule has 7 heteroatoms. The maximum Gasteiger partial charge on any atom is 0.269 e. The molecule has 1 N–H and O–H groups in total. The first kappa shape index (κ1) is 17.3. The molecule has 0 radical (unpaired) electrons. The molecule has 0 spiro atoms. The lowest BCUT2D eigenvalue weighted by molar-refractivity contribution is -0.384. The number of carbonyl (C=O) groups excluding carboxylic acids is 1. The third kappa shape index (κ3) is 3.81. The lowest BCUT2D eigenvalue weighted by Crippen LogP contribution is -2.26. The number of carbonyl (C=O) groups is 1. The van der Waals surface area contributed by atoms with Gasteiger partial charge in [-0.1, -0.05) is 6.07 Å². The van der Waals surface area contributed by atoms with Crippen molar-refractivity contribution in [2.24, 2.45) is 0 Å². The number of benzene rings is 2. The number of ether oxygens (including phenoxy) is 2. The van der Waals surface area contributed by atoms with Gasteiger partial charge in [-0.2, -0.15) is 0 Å². The lowest BCUT2D eigenvalue weighted by Gasteiger charge is -2.16. The smallest absolute Gasteiger partial charge is 0.269 e. The first-order chi connectivity index (χ1) is 11.5. The molecule has 2 aromatic carbocycles.